The molecule has 0 amide bonds. The number of aryl methyl sites for hydroxylation is 1. The van der Waals surface area contributed by atoms with Crippen LogP contribution in [0.1, 0.15) is 16.8 Å². The van der Waals surface area contributed by atoms with Crippen molar-refractivity contribution >= 4 is 23.8 Å². The van der Waals surface area contributed by atoms with Crippen molar-refractivity contribution < 1.29 is 9.84 Å². The Balaban J connectivity index is 2.36. The van der Waals surface area contributed by atoms with E-state index in [0.29, 0.717) is 17.3 Å². The molecule has 0 atom stereocenters. The lowest BCUT2D eigenvalue weighted by atomic mass is 10.1. The van der Waals surface area contributed by atoms with Crippen molar-refractivity contribution in [1.29, 1.82) is 0 Å². The van der Waals surface area contributed by atoms with Gasteiger partial charge in [0.05, 0.1) is 31.1 Å². The average Bonchev–Trinajstić information content (AvgIpc) is 2.75. The topological polar surface area (TPSA) is 85.7 Å². The number of aromatic nitrogens is 2. The Labute approximate surface area is 121 Å². The number of nitrogens with two attached hydrogens (primary N) is 1. The van der Waals surface area contributed by atoms with Crippen LogP contribution in [0, 0.1) is 6.92 Å². The highest BCUT2D eigenvalue weighted by atomic mass is 35.5. The monoisotopic (exact) mass is 294 g/mol. The predicted molar refractivity (Wildman–Crippen MR) is 78.6 cm³/mol. The number of halogens is 1. The molecule has 2 rings (SSSR count). The maximum absolute atomic E-state index is 9.86. The van der Waals surface area contributed by atoms with Crippen LogP contribution in [0.4, 0.5) is 5.95 Å². The molecule has 6 nitrogen and oxygen atoms in total. The summed E-state index contributed by atoms with van der Waals surface area (Å²) in [6, 6.07) is 3.39. The summed E-state index contributed by atoms with van der Waals surface area (Å²) in [4.78, 5) is 4.05. The van der Waals surface area contributed by atoms with Gasteiger partial charge in [-0.15, -0.1) is 11.6 Å². The number of alkyl halides is 1. The molecular weight excluding hydrogens is 280 g/mol. The summed E-state index contributed by atoms with van der Waals surface area (Å²) in [5.41, 5.74) is 7.78. The Morgan fingerprint density at radius 3 is 2.85 bits per heavy atom. The summed E-state index contributed by atoms with van der Waals surface area (Å²) in [7, 11) is 1.48. The van der Waals surface area contributed by atoms with Crippen LogP contribution in [-0.2, 0) is 5.88 Å². The highest BCUT2D eigenvalue weighted by Gasteiger charge is 2.09. The van der Waals surface area contributed by atoms with Crippen molar-refractivity contribution in [3.05, 3.63) is 35.2 Å². The normalized spacial score (nSPS) is 11.2. The number of methoxy groups -OCH3 is 1. The number of hydrogen-bond acceptors (Lipinski definition) is 5. The van der Waals surface area contributed by atoms with Gasteiger partial charge in [0.2, 0.25) is 5.95 Å². The summed E-state index contributed by atoms with van der Waals surface area (Å²) < 4.78 is 6.56. The lowest BCUT2D eigenvalue weighted by Crippen LogP contribution is -1.97. The van der Waals surface area contributed by atoms with Gasteiger partial charge in [0.15, 0.2) is 11.5 Å². The van der Waals surface area contributed by atoms with E-state index in [1.54, 1.807) is 24.5 Å². The molecule has 0 aliphatic carbocycles. The molecule has 1 heterocycles. The van der Waals surface area contributed by atoms with E-state index in [2.05, 4.69) is 10.1 Å². The molecule has 0 aliphatic heterocycles. The Bertz CT molecular complexity index is 627. The Morgan fingerprint density at radius 1 is 1.55 bits per heavy atom. The zero-order valence-corrected chi connectivity index (χ0v) is 11.9. The number of imidazole rings is 1. The molecule has 2 aromatic rings. The lowest BCUT2D eigenvalue weighted by Gasteiger charge is -2.08. The van der Waals surface area contributed by atoms with Crippen LogP contribution in [0.25, 0.3) is 0 Å². The van der Waals surface area contributed by atoms with Gasteiger partial charge in [-0.2, -0.15) is 5.10 Å². The van der Waals surface area contributed by atoms with Crippen LogP contribution in [0.5, 0.6) is 11.5 Å². The zero-order chi connectivity index (χ0) is 14.7. The molecular formula is C13H15ClN4O2. The molecule has 0 bridgehead atoms. The fraction of sp³-hybridized carbons (Fsp3) is 0.231. The van der Waals surface area contributed by atoms with Crippen molar-refractivity contribution in [1.82, 2.24) is 9.66 Å². The van der Waals surface area contributed by atoms with Gasteiger partial charge in [-0.05, 0) is 24.6 Å². The molecule has 0 fully saturated rings. The number of aromatic hydroxyl groups is 1. The average molecular weight is 295 g/mol. The second-order valence-electron chi connectivity index (χ2n) is 4.19. The van der Waals surface area contributed by atoms with Crippen LogP contribution in [0.15, 0.2) is 23.4 Å². The second kappa shape index (κ2) is 5.83. The van der Waals surface area contributed by atoms with Crippen LogP contribution in [-0.4, -0.2) is 28.1 Å². The first-order valence-electron chi connectivity index (χ1n) is 5.86. The van der Waals surface area contributed by atoms with Crippen molar-refractivity contribution in [3.63, 3.8) is 0 Å². The molecule has 1 aromatic heterocycles. The van der Waals surface area contributed by atoms with Crippen LogP contribution < -0.4 is 10.5 Å². The van der Waals surface area contributed by atoms with Gasteiger partial charge in [0, 0.05) is 5.56 Å². The minimum absolute atomic E-state index is 0.0395. The van der Waals surface area contributed by atoms with E-state index in [4.69, 9.17) is 22.1 Å². The van der Waals surface area contributed by atoms with E-state index in [0.717, 1.165) is 11.3 Å². The number of rotatable bonds is 4. The summed E-state index contributed by atoms with van der Waals surface area (Å²) in [6.07, 6.45) is 3.31. The van der Waals surface area contributed by atoms with E-state index < -0.39 is 0 Å². The third kappa shape index (κ3) is 2.85. The number of phenolic OH excluding ortho intramolecular Hbond substituents is 1. The highest BCUT2D eigenvalue weighted by Crippen LogP contribution is 2.31. The van der Waals surface area contributed by atoms with Gasteiger partial charge in [-0.25, -0.2) is 9.66 Å². The predicted octanol–water partition coefficient (Wildman–Crippen LogP) is 2.11. The van der Waals surface area contributed by atoms with Crippen molar-refractivity contribution in [2.45, 2.75) is 12.8 Å². The van der Waals surface area contributed by atoms with Gasteiger partial charge in [0.25, 0.3) is 0 Å². The van der Waals surface area contributed by atoms with E-state index in [-0.39, 0.29) is 11.6 Å². The molecule has 1 aromatic carbocycles. The standard InChI is InChI=1S/C13H15ClN4O2/c1-8-7-18(13(15)17-8)16-6-9-3-10(5-14)12(19)11(4-9)20-2/h3-4,6-7,19H,5H2,1-2H3,(H2,15,17). The Kier molecular flexibility index (Phi) is 4.14. The summed E-state index contributed by atoms with van der Waals surface area (Å²) >= 11 is 5.78. The molecule has 0 unspecified atom stereocenters. The summed E-state index contributed by atoms with van der Waals surface area (Å²) in [5.74, 6) is 0.870. The second-order valence-corrected chi connectivity index (χ2v) is 4.46. The minimum atomic E-state index is 0.0395. The fourth-order valence-corrected chi connectivity index (χ4v) is 1.95. The van der Waals surface area contributed by atoms with Crippen LogP contribution >= 0.6 is 11.6 Å². The van der Waals surface area contributed by atoms with Crippen molar-refractivity contribution in [3.8, 4) is 11.5 Å². The number of phenols is 1. The molecule has 0 radical (unpaired) electrons. The van der Waals surface area contributed by atoms with Gasteiger partial charge < -0.3 is 15.6 Å². The molecule has 0 saturated heterocycles. The molecule has 3 N–H and O–H groups in total. The van der Waals surface area contributed by atoms with E-state index in [1.807, 2.05) is 6.92 Å². The van der Waals surface area contributed by atoms with Crippen molar-refractivity contribution in [2.75, 3.05) is 12.8 Å². The number of hydrogen-bond donors (Lipinski definition) is 2. The molecule has 20 heavy (non-hydrogen) atoms. The first-order chi connectivity index (χ1) is 9.55. The number of ether oxygens (including phenoxy) is 1. The van der Waals surface area contributed by atoms with E-state index >= 15 is 0 Å². The van der Waals surface area contributed by atoms with Gasteiger partial charge in [0.1, 0.15) is 0 Å². The maximum Gasteiger partial charge on any atom is 0.221 e. The molecule has 0 spiro atoms. The van der Waals surface area contributed by atoms with E-state index in [1.165, 1.54) is 11.8 Å². The maximum atomic E-state index is 9.86. The van der Waals surface area contributed by atoms with Crippen molar-refractivity contribution in [2.24, 2.45) is 5.10 Å². The smallest absolute Gasteiger partial charge is 0.221 e. The largest absolute Gasteiger partial charge is 0.504 e. The molecule has 7 heteroatoms. The van der Waals surface area contributed by atoms with Gasteiger partial charge in [-0.1, -0.05) is 0 Å². The lowest BCUT2D eigenvalue weighted by molar-refractivity contribution is 0.371. The molecule has 0 saturated carbocycles. The minimum Gasteiger partial charge on any atom is -0.504 e. The van der Waals surface area contributed by atoms with Crippen LogP contribution in [0.2, 0.25) is 0 Å². The van der Waals surface area contributed by atoms with Crippen LogP contribution in [0.3, 0.4) is 0 Å². The number of benzene rings is 1. The number of nitrogens with zero attached hydrogens (tertiary/aromatic N) is 3. The Hall–Kier alpha value is -2.21. The quantitative estimate of drug-likeness (QED) is 0.668. The third-order valence-electron chi connectivity index (χ3n) is 2.71. The summed E-state index contributed by atoms with van der Waals surface area (Å²) in [6.45, 7) is 1.83. The number of anilines is 1. The number of nitrogen functional groups attached to an aromatic ring is 1. The van der Waals surface area contributed by atoms with Gasteiger partial charge >= 0.3 is 0 Å². The fourth-order valence-electron chi connectivity index (χ4n) is 1.75. The summed E-state index contributed by atoms with van der Waals surface area (Å²) in [5, 5.41) is 14.1. The molecule has 0 aliphatic rings. The van der Waals surface area contributed by atoms with Gasteiger partial charge in [-0.3, -0.25) is 0 Å². The van der Waals surface area contributed by atoms with E-state index in [9.17, 15) is 5.11 Å². The third-order valence-corrected chi connectivity index (χ3v) is 2.99. The molecule has 106 valence electrons. The first kappa shape index (κ1) is 14.2. The first-order valence-corrected chi connectivity index (χ1v) is 6.40. The SMILES string of the molecule is COc1cc(C=Nn2cc(C)nc2N)cc(CCl)c1O. The zero-order valence-electron chi connectivity index (χ0n) is 11.2. The Morgan fingerprint density at radius 2 is 2.30 bits per heavy atom. The highest BCUT2D eigenvalue weighted by molar-refractivity contribution is 6.17.